The summed E-state index contributed by atoms with van der Waals surface area (Å²) >= 11 is 0. The molecule has 92 heavy (non-hydrogen) atoms. The smallest absolute Gasteiger partial charge is 0.462 e. The number of hydrogen-bond acceptors (Lipinski definition) is 15. The Morgan fingerprint density at radius 1 is 0.304 bits per heavy atom. The van der Waals surface area contributed by atoms with E-state index < -0.39 is 97.5 Å². The van der Waals surface area contributed by atoms with E-state index in [0.29, 0.717) is 25.7 Å². The maximum Gasteiger partial charge on any atom is 0.472 e. The molecule has 17 nitrogen and oxygen atoms in total. The van der Waals surface area contributed by atoms with Crippen LogP contribution < -0.4 is 0 Å². The van der Waals surface area contributed by atoms with Gasteiger partial charge in [0.05, 0.1) is 26.4 Å². The second-order valence-electron chi connectivity index (χ2n) is 26.6. The average Bonchev–Trinajstić information content (AvgIpc) is 3.48. The predicted molar refractivity (Wildman–Crippen MR) is 372 cm³/mol. The van der Waals surface area contributed by atoms with Crippen LogP contribution in [0.15, 0.2) is 0 Å². The van der Waals surface area contributed by atoms with Gasteiger partial charge in [-0.25, -0.2) is 9.13 Å². The highest BCUT2D eigenvalue weighted by atomic mass is 31.2. The van der Waals surface area contributed by atoms with E-state index in [-0.39, 0.29) is 25.7 Å². The zero-order valence-corrected chi connectivity index (χ0v) is 61.5. The molecule has 0 heterocycles. The summed E-state index contributed by atoms with van der Waals surface area (Å²) in [6.45, 7) is 7.27. The van der Waals surface area contributed by atoms with E-state index in [9.17, 15) is 43.2 Å². The summed E-state index contributed by atoms with van der Waals surface area (Å²) in [7, 11) is -9.90. The molecule has 6 atom stereocenters. The number of hydrogen-bond donors (Lipinski definition) is 3. The largest absolute Gasteiger partial charge is 0.472 e. The topological polar surface area (TPSA) is 237 Å². The van der Waals surface area contributed by atoms with Crippen LogP contribution in [0.4, 0.5) is 0 Å². The van der Waals surface area contributed by atoms with Crippen LogP contribution in [0.2, 0.25) is 0 Å². The quantitative estimate of drug-likeness (QED) is 0.0222. The van der Waals surface area contributed by atoms with Crippen LogP contribution in [-0.2, 0) is 65.4 Å². The van der Waals surface area contributed by atoms with Crippen molar-refractivity contribution in [2.75, 3.05) is 39.6 Å². The fraction of sp³-hybridized carbons (Fsp3) is 0.945. The third kappa shape index (κ3) is 65.4. The Labute approximate surface area is 562 Å². The summed E-state index contributed by atoms with van der Waals surface area (Å²) < 4.78 is 68.3. The first-order valence-corrected chi connectivity index (χ1v) is 41.2. The van der Waals surface area contributed by atoms with Gasteiger partial charge in [0.25, 0.3) is 0 Å². The summed E-state index contributed by atoms with van der Waals surface area (Å²) in [6.07, 6.45) is 54.1. The monoisotopic (exact) mass is 1350 g/mol. The first kappa shape index (κ1) is 90.1. The van der Waals surface area contributed by atoms with E-state index in [0.717, 1.165) is 102 Å². The Kier molecular flexibility index (Phi) is 64.9. The zero-order valence-electron chi connectivity index (χ0n) is 59.7. The van der Waals surface area contributed by atoms with Crippen LogP contribution in [0, 0.1) is 5.92 Å². The van der Waals surface area contributed by atoms with Crippen molar-refractivity contribution in [2.24, 2.45) is 5.92 Å². The molecule has 0 amide bonds. The molecule has 0 spiro atoms. The van der Waals surface area contributed by atoms with E-state index in [1.807, 2.05) is 0 Å². The van der Waals surface area contributed by atoms with Gasteiger partial charge in [0.2, 0.25) is 0 Å². The van der Waals surface area contributed by atoms with Gasteiger partial charge in [-0.1, -0.05) is 330 Å². The van der Waals surface area contributed by atoms with Crippen molar-refractivity contribution < 1.29 is 80.2 Å². The Hall–Kier alpha value is -1.94. The van der Waals surface area contributed by atoms with E-state index in [1.165, 1.54) is 199 Å². The van der Waals surface area contributed by atoms with E-state index in [1.54, 1.807) is 0 Å². The van der Waals surface area contributed by atoms with Gasteiger partial charge in [-0.05, 0) is 31.6 Å². The molecule has 0 aromatic heterocycles. The summed E-state index contributed by atoms with van der Waals surface area (Å²) in [5, 5.41) is 10.6. The molecule has 0 saturated heterocycles. The molecule has 0 aliphatic carbocycles. The van der Waals surface area contributed by atoms with Gasteiger partial charge in [0, 0.05) is 25.7 Å². The molecule has 0 radical (unpaired) electrons. The van der Waals surface area contributed by atoms with Crippen molar-refractivity contribution in [3.05, 3.63) is 0 Å². The standard InChI is InChI=1S/C73H142O17P2/c1-6-10-13-16-19-22-24-25-26-27-28-29-30-31-33-39-44-49-54-59-73(78)90-69(63-84-71(76)57-52-47-42-37-35-34-36-40-45-50-55-66(5)9-4)65-88-92(81,82)86-61-67(74)60-85-91(79,80)87-64-68(62-83-70(75)56-51-46-41-21-18-15-12-8-3)89-72(77)58-53-48-43-38-32-23-20-17-14-11-7-2/h66-69,74H,6-65H2,1-5H3,(H,79,80)(H,81,82)/t66?,67-,68+,69+/m0/s1. The molecule has 0 rings (SSSR count). The van der Waals surface area contributed by atoms with Gasteiger partial charge in [-0.15, -0.1) is 0 Å². The number of esters is 4. The van der Waals surface area contributed by atoms with Crippen molar-refractivity contribution in [3.63, 3.8) is 0 Å². The van der Waals surface area contributed by atoms with Crippen LogP contribution in [0.1, 0.15) is 381 Å². The molecular formula is C73H142O17P2. The highest BCUT2D eigenvalue weighted by molar-refractivity contribution is 7.47. The number of carbonyl (C=O) groups is 4. The lowest BCUT2D eigenvalue weighted by atomic mass is 9.99. The Balaban J connectivity index is 5.20. The third-order valence-corrected chi connectivity index (χ3v) is 19.3. The van der Waals surface area contributed by atoms with Gasteiger partial charge in [-0.2, -0.15) is 0 Å². The number of rotatable bonds is 73. The number of aliphatic hydroxyl groups is 1. The summed E-state index contributed by atoms with van der Waals surface area (Å²) in [6, 6.07) is 0. The molecule has 3 unspecified atom stereocenters. The van der Waals surface area contributed by atoms with E-state index in [4.69, 9.17) is 37.0 Å². The van der Waals surface area contributed by atoms with Crippen LogP contribution in [0.5, 0.6) is 0 Å². The molecule has 0 aromatic carbocycles. The molecule has 546 valence electrons. The second-order valence-corrected chi connectivity index (χ2v) is 29.5. The van der Waals surface area contributed by atoms with Gasteiger partial charge >= 0.3 is 39.5 Å². The number of unbranched alkanes of at least 4 members (excludes halogenated alkanes) is 44. The molecule has 0 saturated carbocycles. The van der Waals surface area contributed by atoms with Crippen molar-refractivity contribution in [1.82, 2.24) is 0 Å². The van der Waals surface area contributed by atoms with Crippen molar-refractivity contribution in [1.29, 1.82) is 0 Å². The predicted octanol–water partition coefficient (Wildman–Crippen LogP) is 21.3. The summed E-state index contributed by atoms with van der Waals surface area (Å²) in [5.74, 6) is -1.31. The lowest BCUT2D eigenvalue weighted by Gasteiger charge is -2.21. The molecule has 0 aliphatic rings. The molecular weight excluding hydrogens is 1210 g/mol. The fourth-order valence-electron chi connectivity index (χ4n) is 11.1. The highest BCUT2D eigenvalue weighted by Gasteiger charge is 2.30. The van der Waals surface area contributed by atoms with Gasteiger partial charge in [-0.3, -0.25) is 37.3 Å². The maximum absolute atomic E-state index is 13.1. The van der Waals surface area contributed by atoms with Crippen LogP contribution >= 0.6 is 15.6 Å². The average molecular weight is 1350 g/mol. The first-order chi connectivity index (χ1) is 44.6. The number of ether oxygens (including phenoxy) is 4. The Bertz CT molecular complexity index is 1770. The minimum atomic E-state index is -4.95. The maximum atomic E-state index is 13.1. The third-order valence-electron chi connectivity index (χ3n) is 17.4. The second kappa shape index (κ2) is 66.3. The summed E-state index contributed by atoms with van der Waals surface area (Å²) in [5.41, 5.74) is 0. The van der Waals surface area contributed by atoms with Crippen molar-refractivity contribution in [2.45, 2.75) is 400 Å². The van der Waals surface area contributed by atoms with Crippen molar-refractivity contribution in [3.8, 4) is 0 Å². The molecule has 0 bridgehead atoms. The van der Waals surface area contributed by atoms with Crippen molar-refractivity contribution >= 4 is 39.5 Å². The minimum absolute atomic E-state index is 0.107. The van der Waals surface area contributed by atoms with Crippen LogP contribution in [0.3, 0.4) is 0 Å². The Morgan fingerprint density at radius 3 is 0.772 bits per heavy atom. The highest BCUT2D eigenvalue weighted by Crippen LogP contribution is 2.45. The number of phosphoric ester groups is 2. The number of phosphoric acid groups is 2. The fourth-order valence-corrected chi connectivity index (χ4v) is 12.7. The molecule has 0 fully saturated rings. The molecule has 3 N–H and O–H groups in total. The summed E-state index contributed by atoms with van der Waals surface area (Å²) in [4.78, 5) is 72.6. The van der Waals surface area contributed by atoms with Gasteiger partial charge in [0.15, 0.2) is 12.2 Å². The minimum Gasteiger partial charge on any atom is -0.462 e. The van der Waals surface area contributed by atoms with Crippen LogP contribution in [-0.4, -0.2) is 96.7 Å². The van der Waals surface area contributed by atoms with E-state index in [2.05, 4.69) is 34.6 Å². The molecule has 0 aromatic rings. The normalized spacial score (nSPS) is 14.3. The number of aliphatic hydroxyl groups excluding tert-OH is 1. The van der Waals surface area contributed by atoms with E-state index >= 15 is 0 Å². The lowest BCUT2D eigenvalue weighted by molar-refractivity contribution is -0.161. The SMILES string of the molecule is CCCCCCCCCCCCCCCCCCCCCC(=O)O[C@H](COC(=O)CCCCCCCCCCCCC(C)CC)COP(=O)(O)OC[C@@H](O)COP(=O)(O)OC[C@@H](COC(=O)CCCCCCCCCC)OC(=O)CCCCCCCCCCCCC. The zero-order chi connectivity index (χ0) is 67.7. The molecule has 0 aliphatic heterocycles. The van der Waals surface area contributed by atoms with Crippen LogP contribution in [0.25, 0.3) is 0 Å². The Morgan fingerprint density at radius 2 is 0.522 bits per heavy atom. The van der Waals surface area contributed by atoms with Gasteiger partial charge < -0.3 is 33.8 Å². The lowest BCUT2D eigenvalue weighted by Crippen LogP contribution is -2.30. The number of carbonyl (C=O) groups excluding carboxylic acids is 4. The molecule has 19 heteroatoms. The van der Waals surface area contributed by atoms with Gasteiger partial charge in [0.1, 0.15) is 19.3 Å². The first-order valence-electron chi connectivity index (χ1n) is 38.2.